The fraction of sp³-hybridized carbons (Fsp3) is 0.450. The zero-order chi connectivity index (χ0) is 20.5. The maximum atomic E-state index is 14.1. The van der Waals surface area contributed by atoms with Crippen molar-refractivity contribution >= 4 is 28.7 Å². The van der Waals surface area contributed by atoms with Gasteiger partial charge in [-0.25, -0.2) is 18.7 Å². The number of hydrogen-bond acceptors (Lipinski definition) is 6. The smallest absolute Gasteiger partial charge is 0.224 e. The summed E-state index contributed by atoms with van der Waals surface area (Å²) < 4.78 is 29.2. The molecular weight excluding hydrogens is 376 g/mol. The highest BCUT2D eigenvalue weighted by Crippen LogP contribution is 2.28. The lowest BCUT2D eigenvalue weighted by Gasteiger charge is -2.26. The molecule has 7 nitrogen and oxygen atoms in total. The fourth-order valence-corrected chi connectivity index (χ4v) is 3.70. The van der Waals surface area contributed by atoms with Crippen LogP contribution in [-0.2, 0) is 0 Å². The van der Waals surface area contributed by atoms with E-state index in [0.29, 0.717) is 29.1 Å². The molecule has 4 N–H and O–H groups in total. The summed E-state index contributed by atoms with van der Waals surface area (Å²) in [5, 5.41) is 6.35. The SMILES string of the molecule is CC(C)n1c(Nc2ccc(F)cc2F)nc2cnc(NC3CCC(N)CC3)nc21. The van der Waals surface area contributed by atoms with Crippen molar-refractivity contribution in [3.63, 3.8) is 0 Å². The van der Waals surface area contributed by atoms with E-state index in [1.807, 2.05) is 18.4 Å². The van der Waals surface area contributed by atoms with Crippen molar-refractivity contribution in [3.8, 4) is 0 Å². The van der Waals surface area contributed by atoms with Gasteiger partial charge < -0.3 is 16.4 Å². The van der Waals surface area contributed by atoms with Gasteiger partial charge in [0.15, 0.2) is 5.65 Å². The van der Waals surface area contributed by atoms with E-state index in [9.17, 15) is 8.78 Å². The van der Waals surface area contributed by atoms with Gasteiger partial charge in [0.2, 0.25) is 11.9 Å². The van der Waals surface area contributed by atoms with Crippen molar-refractivity contribution in [2.45, 2.75) is 57.7 Å². The number of rotatable bonds is 5. The number of fused-ring (bicyclic) bond motifs is 1. The van der Waals surface area contributed by atoms with Crippen LogP contribution in [0.25, 0.3) is 11.2 Å². The van der Waals surface area contributed by atoms with Gasteiger partial charge in [0.25, 0.3) is 0 Å². The topological polar surface area (TPSA) is 93.7 Å². The standard InChI is InChI=1S/C20H25F2N7/c1-11(2)29-18-17(27-20(29)26-16-8-3-12(21)9-15(16)22)10-24-19(28-18)25-14-6-4-13(23)5-7-14/h3,8-11,13-14H,4-7,23H2,1-2H3,(H,26,27)(H,24,25,28). The number of anilines is 3. The number of imidazole rings is 1. The first-order valence-electron chi connectivity index (χ1n) is 9.90. The van der Waals surface area contributed by atoms with Gasteiger partial charge in [0.1, 0.15) is 17.2 Å². The molecule has 9 heteroatoms. The van der Waals surface area contributed by atoms with Crippen molar-refractivity contribution in [1.29, 1.82) is 0 Å². The molecule has 0 aliphatic heterocycles. The predicted molar refractivity (Wildman–Crippen MR) is 109 cm³/mol. The molecule has 0 unspecified atom stereocenters. The number of benzene rings is 1. The lowest BCUT2D eigenvalue weighted by Crippen LogP contribution is -2.33. The van der Waals surface area contributed by atoms with Crippen LogP contribution >= 0.6 is 0 Å². The Balaban J connectivity index is 1.64. The molecule has 0 atom stereocenters. The van der Waals surface area contributed by atoms with Gasteiger partial charge in [-0.05, 0) is 51.7 Å². The van der Waals surface area contributed by atoms with E-state index >= 15 is 0 Å². The Morgan fingerprint density at radius 3 is 2.59 bits per heavy atom. The zero-order valence-electron chi connectivity index (χ0n) is 16.5. The van der Waals surface area contributed by atoms with Crippen LogP contribution in [0.3, 0.4) is 0 Å². The minimum atomic E-state index is -0.684. The molecule has 0 bridgehead atoms. The molecule has 1 aliphatic rings. The Morgan fingerprint density at radius 1 is 1.14 bits per heavy atom. The summed E-state index contributed by atoms with van der Waals surface area (Å²) in [7, 11) is 0. The van der Waals surface area contributed by atoms with Crippen LogP contribution in [0, 0.1) is 11.6 Å². The van der Waals surface area contributed by atoms with Crippen molar-refractivity contribution in [2.24, 2.45) is 5.73 Å². The molecule has 29 heavy (non-hydrogen) atoms. The first-order valence-corrected chi connectivity index (χ1v) is 9.90. The predicted octanol–water partition coefficient (Wildman–Crippen LogP) is 4.11. The molecule has 154 valence electrons. The molecule has 1 saturated carbocycles. The van der Waals surface area contributed by atoms with Gasteiger partial charge in [-0.15, -0.1) is 0 Å². The molecular formula is C20H25F2N7. The minimum Gasteiger partial charge on any atom is -0.351 e. The van der Waals surface area contributed by atoms with E-state index in [4.69, 9.17) is 5.73 Å². The molecule has 0 saturated heterocycles. The summed E-state index contributed by atoms with van der Waals surface area (Å²) in [5.41, 5.74) is 7.37. The largest absolute Gasteiger partial charge is 0.351 e. The average molecular weight is 401 g/mol. The molecule has 4 rings (SSSR count). The molecule has 1 aliphatic carbocycles. The second-order valence-corrected chi connectivity index (χ2v) is 7.81. The molecule has 2 aromatic heterocycles. The highest BCUT2D eigenvalue weighted by molar-refractivity contribution is 5.76. The highest BCUT2D eigenvalue weighted by Gasteiger charge is 2.21. The maximum Gasteiger partial charge on any atom is 0.224 e. The van der Waals surface area contributed by atoms with Crippen molar-refractivity contribution in [1.82, 2.24) is 19.5 Å². The Hall–Kier alpha value is -2.81. The second-order valence-electron chi connectivity index (χ2n) is 7.81. The molecule has 3 aromatic rings. The lowest BCUT2D eigenvalue weighted by atomic mass is 9.92. The van der Waals surface area contributed by atoms with Crippen molar-refractivity contribution in [2.75, 3.05) is 10.6 Å². The van der Waals surface area contributed by atoms with Gasteiger partial charge in [-0.1, -0.05) is 0 Å². The van der Waals surface area contributed by atoms with Crippen LogP contribution in [0.4, 0.5) is 26.4 Å². The van der Waals surface area contributed by atoms with E-state index in [0.717, 1.165) is 31.7 Å². The fourth-order valence-electron chi connectivity index (χ4n) is 3.70. The number of hydrogen-bond donors (Lipinski definition) is 3. The van der Waals surface area contributed by atoms with Gasteiger partial charge in [0, 0.05) is 24.2 Å². The van der Waals surface area contributed by atoms with Gasteiger partial charge >= 0.3 is 0 Å². The first-order chi connectivity index (χ1) is 13.9. The normalized spacial score (nSPS) is 19.7. The lowest BCUT2D eigenvalue weighted by molar-refractivity contribution is 0.410. The minimum absolute atomic E-state index is 0.0152. The Morgan fingerprint density at radius 2 is 1.90 bits per heavy atom. The van der Waals surface area contributed by atoms with Crippen LogP contribution in [-0.4, -0.2) is 31.6 Å². The zero-order valence-corrected chi connectivity index (χ0v) is 16.5. The summed E-state index contributed by atoms with van der Waals surface area (Å²) in [6.07, 6.45) is 5.61. The van der Waals surface area contributed by atoms with E-state index in [1.54, 1.807) is 6.20 Å². The molecule has 1 aromatic carbocycles. The molecule has 1 fully saturated rings. The molecule has 2 heterocycles. The second kappa shape index (κ2) is 7.90. The average Bonchev–Trinajstić information content (AvgIpc) is 3.03. The van der Waals surface area contributed by atoms with Crippen LogP contribution in [0.2, 0.25) is 0 Å². The highest BCUT2D eigenvalue weighted by atomic mass is 19.1. The van der Waals surface area contributed by atoms with E-state index < -0.39 is 11.6 Å². The Labute approximate surface area is 167 Å². The quantitative estimate of drug-likeness (QED) is 0.596. The van der Waals surface area contributed by atoms with Crippen LogP contribution < -0.4 is 16.4 Å². The summed E-state index contributed by atoms with van der Waals surface area (Å²) in [4.78, 5) is 13.6. The van der Waals surface area contributed by atoms with E-state index in [2.05, 4.69) is 25.6 Å². The maximum absolute atomic E-state index is 14.1. The third-order valence-electron chi connectivity index (χ3n) is 5.23. The summed E-state index contributed by atoms with van der Waals surface area (Å²) in [5.74, 6) is -0.346. The summed E-state index contributed by atoms with van der Waals surface area (Å²) in [6.45, 7) is 3.98. The van der Waals surface area contributed by atoms with Crippen LogP contribution in [0.15, 0.2) is 24.4 Å². The van der Waals surface area contributed by atoms with E-state index in [-0.39, 0.29) is 17.8 Å². The molecule has 0 amide bonds. The monoisotopic (exact) mass is 401 g/mol. The Bertz CT molecular complexity index is 1010. The number of halogens is 2. The van der Waals surface area contributed by atoms with Crippen molar-refractivity contribution < 1.29 is 8.78 Å². The third kappa shape index (κ3) is 4.14. The van der Waals surface area contributed by atoms with E-state index in [1.165, 1.54) is 12.1 Å². The summed E-state index contributed by atoms with van der Waals surface area (Å²) >= 11 is 0. The number of nitrogens with two attached hydrogens (primary N) is 1. The number of nitrogens with one attached hydrogen (secondary N) is 2. The summed E-state index contributed by atoms with van der Waals surface area (Å²) in [6, 6.07) is 3.98. The van der Waals surface area contributed by atoms with Gasteiger partial charge in [0.05, 0.1) is 11.9 Å². The van der Waals surface area contributed by atoms with Gasteiger partial charge in [-0.2, -0.15) is 4.98 Å². The van der Waals surface area contributed by atoms with Crippen molar-refractivity contribution in [3.05, 3.63) is 36.0 Å². The van der Waals surface area contributed by atoms with Gasteiger partial charge in [-0.3, -0.25) is 4.57 Å². The number of nitrogens with zero attached hydrogens (tertiary/aromatic N) is 4. The molecule has 0 spiro atoms. The first kappa shape index (κ1) is 19.5. The van der Waals surface area contributed by atoms with Crippen LogP contribution in [0.1, 0.15) is 45.6 Å². The molecule has 0 radical (unpaired) electrons. The number of aromatic nitrogens is 4. The Kier molecular flexibility index (Phi) is 5.31. The van der Waals surface area contributed by atoms with Crippen LogP contribution in [0.5, 0.6) is 0 Å². The third-order valence-corrected chi connectivity index (χ3v) is 5.23.